The summed E-state index contributed by atoms with van der Waals surface area (Å²) in [6, 6.07) is 15.0. The molecule has 0 radical (unpaired) electrons. The molecule has 1 aromatic heterocycles. The summed E-state index contributed by atoms with van der Waals surface area (Å²) in [4.78, 5) is 12.6. The third-order valence-electron chi connectivity index (χ3n) is 3.71. The number of hydrogen-bond donors (Lipinski definition) is 0. The van der Waals surface area contributed by atoms with Gasteiger partial charge < -0.3 is 4.74 Å². The zero-order valence-corrected chi connectivity index (χ0v) is 15.0. The molecule has 1 unspecified atom stereocenters. The van der Waals surface area contributed by atoms with Gasteiger partial charge in [-0.15, -0.1) is 5.10 Å². The van der Waals surface area contributed by atoms with Crippen LogP contribution in [0.2, 0.25) is 0 Å². The quantitative estimate of drug-likeness (QED) is 0.499. The van der Waals surface area contributed by atoms with Crippen LogP contribution in [0.25, 0.3) is 5.69 Å². The summed E-state index contributed by atoms with van der Waals surface area (Å²) in [6.07, 6.45) is 0. The molecule has 128 valence electrons. The number of thioether (sulfide) groups is 1. The minimum atomic E-state index is -0.317. The summed E-state index contributed by atoms with van der Waals surface area (Å²) in [7, 11) is 1.60. The minimum Gasteiger partial charge on any atom is -0.497 e. The van der Waals surface area contributed by atoms with Crippen molar-refractivity contribution in [3.8, 4) is 11.4 Å². The van der Waals surface area contributed by atoms with E-state index in [4.69, 9.17) is 4.74 Å². The summed E-state index contributed by atoms with van der Waals surface area (Å²) in [6.45, 7) is 3.86. The molecule has 3 rings (SSSR count). The number of tetrazole rings is 1. The highest BCUT2D eigenvalue weighted by Gasteiger charge is 2.20. The van der Waals surface area contributed by atoms with E-state index in [1.165, 1.54) is 11.8 Å². The molecule has 6 nitrogen and oxygen atoms in total. The van der Waals surface area contributed by atoms with E-state index in [9.17, 15) is 4.79 Å². The van der Waals surface area contributed by atoms with Gasteiger partial charge in [0, 0.05) is 5.56 Å². The monoisotopic (exact) mass is 354 g/mol. The number of benzene rings is 2. The number of carbonyl (C=O) groups excluding carboxylic acids is 1. The number of Topliss-reactive ketones (excluding diaryl/α,β-unsaturated/α-hetero) is 1. The molecular formula is C18H18N4O2S. The van der Waals surface area contributed by atoms with Gasteiger partial charge in [0.05, 0.1) is 18.0 Å². The number of rotatable bonds is 6. The second kappa shape index (κ2) is 7.48. The van der Waals surface area contributed by atoms with Crippen LogP contribution in [0.15, 0.2) is 53.7 Å². The molecule has 0 fully saturated rings. The summed E-state index contributed by atoms with van der Waals surface area (Å²) in [5.41, 5.74) is 2.62. The Labute approximate surface area is 150 Å². The Morgan fingerprint density at radius 1 is 1.20 bits per heavy atom. The largest absolute Gasteiger partial charge is 0.497 e. The van der Waals surface area contributed by atoms with Crippen molar-refractivity contribution >= 4 is 17.5 Å². The predicted octanol–water partition coefficient (Wildman–Crippen LogP) is 3.34. The molecule has 2 aromatic carbocycles. The van der Waals surface area contributed by atoms with Crippen LogP contribution >= 0.6 is 11.8 Å². The van der Waals surface area contributed by atoms with Crippen molar-refractivity contribution in [1.29, 1.82) is 0 Å². The van der Waals surface area contributed by atoms with Crippen molar-refractivity contribution in [1.82, 2.24) is 20.2 Å². The first-order valence-corrected chi connectivity index (χ1v) is 8.67. The van der Waals surface area contributed by atoms with Crippen LogP contribution in [0.1, 0.15) is 22.8 Å². The van der Waals surface area contributed by atoms with Crippen LogP contribution in [0.4, 0.5) is 0 Å². The Morgan fingerprint density at radius 2 is 1.96 bits per heavy atom. The molecule has 0 saturated heterocycles. The molecule has 1 heterocycles. The van der Waals surface area contributed by atoms with Gasteiger partial charge in [0.15, 0.2) is 5.78 Å². The van der Waals surface area contributed by atoms with E-state index < -0.39 is 0 Å². The third-order valence-corrected chi connectivity index (χ3v) is 4.75. The number of ketones is 1. The van der Waals surface area contributed by atoms with Gasteiger partial charge in [-0.3, -0.25) is 4.79 Å². The van der Waals surface area contributed by atoms with Crippen molar-refractivity contribution in [2.75, 3.05) is 7.11 Å². The fourth-order valence-electron chi connectivity index (χ4n) is 2.38. The van der Waals surface area contributed by atoms with Crippen LogP contribution in [-0.4, -0.2) is 38.4 Å². The number of nitrogens with zero attached hydrogens (tertiary/aromatic N) is 4. The molecule has 0 aliphatic heterocycles. The maximum Gasteiger partial charge on any atom is 0.214 e. The van der Waals surface area contributed by atoms with Gasteiger partial charge in [-0.05, 0) is 66.2 Å². The maximum absolute atomic E-state index is 12.6. The molecule has 0 bridgehead atoms. The van der Waals surface area contributed by atoms with E-state index in [1.807, 2.05) is 38.1 Å². The fourth-order valence-corrected chi connectivity index (χ4v) is 3.26. The summed E-state index contributed by atoms with van der Waals surface area (Å²) >= 11 is 1.34. The SMILES string of the molecule is COc1ccc(C(=O)C(C)Sc2nnnn2-c2cccc(C)c2)cc1. The average molecular weight is 354 g/mol. The standard InChI is InChI=1S/C18H18N4O2S/c1-12-5-4-6-15(11-12)22-18(19-20-21-22)25-13(2)17(23)14-7-9-16(24-3)10-8-14/h4-11,13H,1-3H3. The summed E-state index contributed by atoms with van der Waals surface area (Å²) in [5.74, 6) is 0.742. The molecule has 25 heavy (non-hydrogen) atoms. The fraction of sp³-hybridized carbons (Fsp3) is 0.222. The number of carbonyl (C=O) groups is 1. The lowest BCUT2D eigenvalue weighted by Gasteiger charge is -2.11. The van der Waals surface area contributed by atoms with E-state index in [0.717, 1.165) is 17.0 Å². The van der Waals surface area contributed by atoms with Crippen LogP contribution in [0.5, 0.6) is 5.75 Å². The lowest BCUT2D eigenvalue weighted by Crippen LogP contribution is -2.14. The van der Waals surface area contributed by atoms with Gasteiger partial charge >= 0.3 is 0 Å². The lowest BCUT2D eigenvalue weighted by molar-refractivity contribution is 0.0994. The first-order chi connectivity index (χ1) is 12.1. The van der Waals surface area contributed by atoms with Crippen LogP contribution in [0, 0.1) is 6.92 Å². The van der Waals surface area contributed by atoms with Gasteiger partial charge in [0.2, 0.25) is 5.16 Å². The average Bonchev–Trinajstić information content (AvgIpc) is 3.09. The van der Waals surface area contributed by atoms with E-state index in [-0.39, 0.29) is 11.0 Å². The Balaban J connectivity index is 1.78. The molecule has 0 N–H and O–H groups in total. The Hall–Kier alpha value is -2.67. The van der Waals surface area contributed by atoms with E-state index >= 15 is 0 Å². The van der Waals surface area contributed by atoms with Crippen molar-refractivity contribution < 1.29 is 9.53 Å². The topological polar surface area (TPSA) is 69.9 Å². The van der Waals surface area contributed by atoms with Crippen LogP contribution < -0.4 is 4.74 Å². The number of aryl methyl sites for hydroxylation is 1. The van der Waals surface area contributed by atoms with E-state index in [0.29, 0.717) is 10.7 Å². The number of methoxy groups -OCH3 is 1. The molecule has 0 spiro atoms. The molecule has 1 atom stereocenters. The van der Waals surface area contributed by atoms with Gasteiger partial charge in [-0.25, -0.2) is 0 Å². The highest BCUT2D eigenvalue weighted by atomic mass is 32.2. The minimum absolute atomic E-state index is 0.0199. The molecule has 7 heteroatoms. The second-order valence-electron chi connectivity index (χ2n) is 5.57. The predicted molar refractivity (Wildman–Crippen MR) is 96.5 cm³/mol. The van der Waals surface area contributed by atoms with Crippen LogP contribution in [-0.2, 0) is 0 Å². The zero-order chi connectivity index (χ0) is 17.8. The molecule has 0 aliphatic rings. The molecule has 3 aromatic rings. The van der Waals surface area contributed by atoms with Gasteiger partial charge in [0.1, 0.15) is 5.75 Å². The van der Waals surface area contributed by atoms with Gasteiger partial charge in [-0.2, -0.15) is 4.68 Å². The highest BCUT2D eigenvalue weighted by Crippen LogP contribution is 2.26. The van der Waals surface area contributed by atoms with Crippen molar-refractivity contribution in [3.05, 3.63) is 59.7 Å². The van der Waals surface area contributed by atoms with Crippen molar-refractivity contribution in [2.45, 2.75) is 24.3 Å². The Morgan fingerprint density at radius 3 is 2.64 bits per heavy atom. The molecule has 0 amide bonds. The van der Waals surface area contributed by atoms with Crippen molar-refractivity contribution in [3.63, 3.8) is 0 Å². The normalized spacial score (nSPS) is 12.0. The number of ether oxygens (including phenoxy) is 1. The third kappa shape index (κ3) is 3.88. The second-order valence-corrected chi connectivity index (χ2v) is 6.87. The Kier molecular flexibility index (Phi) is 5.14. The molecular weight excluding hydrogens is 336 g/mol. The maximum atomic E-state index is 12.6. The van der Waals surface area contributed by atoms with Gasteiger partial charge in [0.25, 0.3) is 0 Å². The first kappa shape index (κ1) is 17.2. The summed E-state index contributed by atoms with van der Waals surface area (Å²) < 4.78 is 6.77. The number of hydrogen-bond acceptors (Lipinski definition) is 6. The highest BCUT2D eigenvalue weighted by molar-refractivity contribution is 8.00. The molecule has 0 aliphatic carbocycles. The smallest absolute Gasteiger partial charge is 0.214 e. The van der Waals surface area contributed by atoms with Gasteiger partial charge in [-0.1, -0.05) is 23.9 Å². The lowest BCUT2D eigenvalue weighted by atomic mass is 10.1. The Bertz CT molecular complexity index is 877. The molecule has 0 saturated carbocycles. The summed E-state index contributed by atoms with van der Waals surface area (Å²) in [5, 5.41) is 12.1. The van der Waals surface area contributed by atoms with Crippen molar-refractivity contribution in [2.24, 2.45) is 0 Å². The zero-order valence-electron chi connectivity index (χ0n) is 14.2. The number of aromatic nitrogens is 4. The van der Waals surface area contributed by atoms with E-state index in [2.05, 4.69) is 15.5 Å². The first-order valence-electron chi connectivity index (χ1n) is 7.79. The van der Waals surface area contributed by atoms with E-state index in [1.54, 1.807) is 36.1 Å². The van der Waals surface area contributed by atoms with Crippen LogP contribution in [0.3, 0.4) is 0 Å².